The SMILES string of the molecule is CCCC(C(=O)OCC)S(=O)c1ccccc1. The van der Waals surface area contributed by atoms with Gasteiger partial charge >= 0.3 is 5.97 Å². The zero-order chi connectivity index (χ0) is 12.7. The first-order valence-electron chi connectivity index (χ1n) is 5.83. The summed E-state index contributed by atoms with van der Waals surface area (Å²) in [5, 5.41) is -0.553. The maximum atomic E-state index is 12.3. The Bertz CT molecular complexity index is 376. The van der Waals surface area contributed by atoms with E-state index in [0.717, 1.165) is 6.42 Å². The Morgan fingerprint density at radius 2 is 1.94 bits per heavy atom. The summed E-state index contributed by atoms with van der Waals surface area (Å²) in [7, 11) is -1.33. The number of carbonyl (C=O) groups excluding carboxylic acids is 1. The molecule has 0 aliphatic carbocycles. The number of carbonyl (C=O) groups is 1. The van der Waals surface area contributed by atoms with Crippen LogP contribution in [0, 0.1) is 0 Å². The summed E-state index contributed by atoms with van der Waals surface area (Å²) in [5.41, 5.74) is 0. The van der Waals surface area contributed by atoms with Crippen LogP contribution >= 0.6 is 0 Å². The van der Waals surface area contributed by atoms with Crippen molar-refractivity contribution in [3.05, 3.63) is 30.3 Å². The summed E-state index contributed by atoms with van der Waals surface area (Å²) in [5.74, 6) is -0.364. The molecule has 0 amide bonds. The largest absolute Gasteiger partial charge is 0.465 e. The van der Waals surface area contributed by atoms with E-state index in [1.807, 2.05) is 25.1 Å². The lowest BCUT2D eigenvalue weighted by Gasteiger charge is -2.14. The fraction of sp³-hybridized carbons (Fsp3) is 0.462. The van der Waals surface area contributed by atoms with Gasteiger partial charge in [-0.2, -0.15) is 0 Å². The minimum absolute atomic E-state index is 0.324. The number of benzene rings is 1. The molecule has 17 heavy (non-hydrogen) atoms. The summed E-state index contributed by atoms with van der Waals surface area (Å²) in [6, 6.07) is 9.05. The van der Waals surface area contributed by atoms with Crippen molar-refractivity contribution in [1.29, 1.82) is 0 Å². The van der Waals surface area contributed by atoms with Crippen LogP contribution in [-0.2, 0) is 20.3 Å². The standard InChI is InChI=1S/C13H18O3S/c1-3-8-12(13(14)16-4-2)17(15)11-9-6-5-7-10-11/h5-7,9-10,12H,3-4,8H2,1-2H3. The maximum absolute atomic E-state index is 12.3. The highest BCUT2D eigenvalue weighted by Crippen LogP contribution is 2.16. The molecule has 1 rings (SSSR count). The van der Waals surface area contributed by atoms with Crippen LogP contribution in [0.25, 0.3) is 0 Å². The number of hydrogen-bond donors (Lipinski definition) is 0. The second-order valence-electron chi connectivity index (χ2n) is 3.64. The molecular formula is C13H18O3S. The van der Waals surface area contributed by atoms with Gasteiger partial charge in [0.05, 0.1) is 17.4 Å². The van der Waals surface area contributed by atoms with E-state index in [1.54, 1.807) is 19.1 Å². The minimum atomic E-state index is -1.33. The molecule has 1 aromatic carbocycles. The highest BCUT2D eigenvalue weighted by atomic mass is 32.2. The molecule has 0 fully saturated rings. The van der Waals surface area contributed by atoms with Crippen LogP contribution < -0.4 is 0 Å². The second-order valence-corrected chi connectivity index (χ2v) is 5.28. The van der Waals surface area contributed by atoms with E-state index in [2.05, 4.69) is 0 Å². The average molecular weight is 254 g/mol. The normalized spacial score (nSPS) is 14.0. The van der Waals surface area contributed by atoms with Gasteiger partial charge in [-0.3, -0.25) is 9.00 Å². The molecule has 3 nitrogen and oxygen atoms in total. The summed E-state index contributed by atoms with van der Waals surface area (Å²) in [4.78, 5) is 12.4. The average Bonchev–Trinajstić information content (AvgIpc) is 2.36. The van der Waals surface area contributed by atoms with E-state index >= 15 is 0 Å². The molecule has 0 aliphatic heterocycles. The predicted octanol–water partition coefficient (Wildman–Crippen LogP) is 2.53. The van der Waals surface area contributed by atoms with E-state index in [-0.39, 0.29) is 5.97 Å². The topological polar surface area (TPSA) is 43.4 Å². The van der Waals surface area contributed by atoms with Crippen molar-refractivity contribution in [2.45, 2.75) is 36.8 Å². The number of ether oxygens (including phenoxy) is 1. The molecule has 0 saturated carbocycles. The van der Waals surface area contributed by atoms with Gasteiger partial charge < -0.3 is 4.74 Å². The van der Waals surface area contributed by atoms with Crippen LogP contribution in [0.15, 0.2) is 35.2 Å². The van der Waals surface area contributed by atoms with Gasteiger partial charge in [0.25, 0.3) is 0 Å². The number of rotatable bonds is 6. The number of hydrogen-bond acceptors (Lipinski definition) is 3. The van der Waals surface area contributed by atoms with E-state index in [4.69, 9.17) is 4.74 Å². The number of esters is 1. The van der Waals surface area contributed by atoms with Crippen molar-refractivity contribution >= 4 is 16.8 Å². The fourth-order valence-corrected chi connectivity index (χ4v) is 2.98. The molecule has 0 radical (unpaired) electrons. The van der Waals surface area contributed by atoms with Crippen molar-refractivity contribution in [2.75, 3.05) is 6.61 Å². The van der Waals surface area contributed by atoms with Crippen LogP contribution in [0.3, 0.4) is 0 Å². The van der Waals surface area contributed by atoms with Crippen LogP contribution in [0.4, 0.5) is 0 Å². The summed E-state index contributed by atoms with van der Waals surface area (Å²) < 4.78 is 17.2. The Morgan fingerprint density at radius 3 is 2.47 bits per heavy atom. The Balaban J connectivity index is 2.84. The van der Waals surface area contributed by atoms with Crippen molar-refractivity contribution in [3.8, 4) is 0 Å². The molecule has 0 aliphatic rings. The third-order valence-electron chi connectivity index (χ3n) is 2.33. The molecule has 94 valence electrons. The molecule has 0 spiro atoms. The van der Waals surface area contributed by atoms with E-state index in [1.165, 1.54) is 0 Å². The van der Waals surface area contributed by atoms with Crippen molar-refractivity contribution < 1.29 is 13.7 Å². The third-order valence-corrected chi connectivity index (χ3v) is 4.02. The molecule has 1 aromatic rings. The van der Waals surface area contributed by atoms with Gasteiger partial charge in [0.2, 0.25) is 0 Å². The first kappa shape index (κ1) is 13.9. The molecule has 2 atom stereocenters. The fourth-order valence-electron chi connectivity index (χ4n) is 1.53. The molecule has 0 saturated heterocycles. The van der Waals surface area contributed by atoms with Crippen molar-refractivity contribution in [1.82, 2.24) is 0 Å². The zero-order valence-corrected chi connectivity index (χ0v) is 11.0. The van der Waals surface area contributed by atoms with Crippen LogP contribution in [0.2, 0.25) is 0 Å². The smallest absolute Gasteiger partial charge is 0.322 e. The summed E-state index contributed by atoms with van der Waals surface area (Å²) in [6.45, 7) is 4.05. The lowest BCUT2D eigenvalue weighted by molar-refractivity contribution is -0.142. The van der Waals surface area contributed by atoms with Crippen LogP contribution in [0.1, 0.15) is 26.7 Å². The van der Waals surface area contributed by atoms with Gasteiger partial charge in [-0.1, -0.05) is 31.5 Å². The molecule has 4 heteroatoms. The summed E-state index contributed by atoms with van der Waals surface area (Å²) in [6.07, 6.45) is 1.39. The van der Waals surface area contributed by atoms with Gasteiger partial charge in [0.15, 0.2) is 0 Å². The lowest BCUT2D eigenvalue weighted by Crippen LogP contribution is -2.28. The Morgan fingerprint density at radius 1 is 1.29 bits per heavy atom. The van der Waals surface area contributed by atoms with Gasteiger partial charge in [-0.05, 0) is 25.5 Å². The molecule has 0 heterocycles. The Labute approximate surface area is 105 Å². The quantitative estimate of drug-likeness (QED) is 0.733. The summed E-state index contributed by atoms with van der Waals surface area (Å²) >= 11 is 0. The third kappa shape index (κ3) is 3.97. The van der Waals surface area contributed by atoms with Crippen LogP contribution in [0.5, 0.6) is 0 Å². The monoisotopic (exact) mass is 254 g/mol. The van der Waals surface area contributed by atoms with Crippen molar-refractivity contribution in [2.24, 2.45) is 0 Å². The van der Waals surface area contributed by atoms with Gasteiger partial charge in [-0.25, -0.2) is 0 Å². The maximum Gasteiger partial charge on any atom is 0.322 e. The van der Waals surface area contributed by atoms with Gasteiger partial charge in [0.1, 0.15) is 5.25 Å². The Hall–Kier alpha value is -1.16. The van der Waals surface area contributed by atoms with E-state index in [0.29, 0.717) is 17.9 Å². The molecule has 0 N–H and O–H groups in total. The Kier molecular flexibility index (Phi) is 5.91. The molecule has 0 aromatic heterocycles. The molecular weight excluding hydrogens is 236 g/mol. The second kappa shape index (κ2) is 7.22. The highest BCUT2D eigenvalue weighted by Gasteiger charge is 2.26. The minimum Gasteiger partial charge on any atom is -0.465 e. The van der Waals surface area contributed by atoms with Gasteiger partial charge in [-0.15, -0.1) is 0 Å². The zero-order valence-electron chi connectivity index (χ0n) is 10.2. The van der Waals surface area contributed by atoms with Crippen LogP contribution in [-0.4, -0.2) is 22.0 Å². The van der Waals surface area contributed by atoms with Gasteiger partial charge in [0, 0.05) is 4.90 Å². The lowest BCUT2D eigenvalue weighted by atomic mass is 10.2. The first-order chi connectivity index (χ1) is 8.20. The molecule has 0 bridgehead atoms. The van der Waals surface area contributed by atoms with E-state index in [9.17, 15) is 9.00 Å². The predicted molar refractivity (Wildman–Crippen MR) is 68.2 cm³/mol. The molecule has 2 unspecified atom stereocenters. The van der Waals surface area contributed by atoms with E-state index < -0.39 is 16.0 Å². The highest BCUT2D eigenvalue weighted by molar-refractivity contribution is 7.86. The van der Waals surface area contributed by atoms with Crippen molar-refractivity contribution in [3.63, 3.8) is 0 Å². The first-order valence-corrected chi connectivity index (χ1v) is 7.04.